The van der Waals surface area contributed by atoms with Gasteiger partial charge in [0.25, 0.3) is 11.5 Å². The first-order valence-corrected chi connectivity index (χ1v) is 15.6. The van der Waals surface area contributed by atoms with Gasteiger partial charge in [-0.15, -0.1) is 0 Å². The lowest BCUT2D eigenvalue weighted by Gasteiger charge is -2.12. The summed E-state index contributed by atoms with van der Waals surface area (Å²) in [6, 6.07) is 23.9. The van der Waals surface area contributed by atoms with E-state index in [0.717, 1.165) is 28.2 Å². The van der Waals surface area contributed by atoms with E-state index in [4.69, 9.17) is 4.98 Å². The van der Waals surface area contributed by atoms with Crippen LogP contribution in [0.1, 0.15) is 21.6 Å². The van der Waals surface area contributed by atoms with E-state index in [1.807, 2.05) is 31.2 Å². The van der Waals surface area contributed by atoms with Gasteiger partial charge in [-0.25, -0.2) is 23.4 Å². The molecule has 0 bridgehead atoms. The van der Waals surface area contributed by atoms with Crippen LogP contribution >= 0.6 is 11.8 Å². The van der Waals surface area contributed by atoms with Gasteiger partial charge in [-0.3, -0.25) is 14.2 Å². The summed E-state index contributed by atoms with van der Waals surface area (Å²) in [5.74, 6) is -0.304. The smallest absolute Gasteiger partial charge is 0.256 e. The SMILES string of the molecule is Cc1nc(Sc2nc3ccccc3[nH]2)nc2c1ccc(=O)n2-c1ccc(C(=O)NCc2ccc(S(C)(=O)=O)cc2)cc1. The number of aromatic nitrogens is 5. The molecule has 0 radical (unpaired) electrons. The number of fused-ring (bicyclic) bond motifs is 2. The summed E-state index contributed by atoms with van der Waals surface area (Å²) >= 11 is 1.28. The molecule has 3 aromatic heterocycles. The highest BCUT2D eigenvalue weighted by Crippen LogP contribution is 2.27. The van der Waals surface area contributed by atoms with Gasteiger partial charge in [-0.05, 0) is 78.8 Å². The van der Waals surface area contributed by atoms with Crippen molar-refractivity contribution in [3.05, 3.63) is 112 Å². The van der Waals surface area contributed by atoms with E-state index in [1.165, 1.54) is 34.5 Å². The lowest BCUT2D eigenvalue weighted by molar-refractivity contribution is 0.0951. The average Bonchev–Trinajstić information content (AvgIpc) is 3.38. The molecule has 0 saturated heterocycles. The molecule has 0 aliphatic rings. The Labute approximate surface area is 244 Å². The molecule has 0 saturated carbocycles. The number of hydrogen-bond donors (Lipinski definition) is 2. The quantitative estimate of drug-likeness (QED) is 0.258. The molecule has 1 amide bonds. The molecule has 210 valence electrons. The number of para-hydroxylation sites is 2. The van der Waals surface area contributed by atoms with Crippen LogP contribution in [0.3, 0.4) is 0 Å². The first kappa shape index (κ1) is 27.4. The second-order valence-corrected chi connectivity index (χ2v) is 12.6. The number of H-pyrrole nitrogens is 1. The van der Waals surface area contributed by atoms with Gasteiger partial charge in [0.2, 0.25) is 0 Å². The number of aryl methyl sites for hydroxylation is 1. The van der Waals surface area contributed by atoms with Gasteiger partial charge in [-0.1, -0.05) is 24.3 Å². The summed E-state index contributed by atoms with van der Waals surface area (Å²) in [4.78, 5) is 43.3. The molecule has 3 heterocycles. The number of carbonyl (C=O) groups is 1. The van der Waals surface area contributed by atoms with Gasteiger partial charge in [0.15, 0.2) is 25.8 Å². The Kier molecular flexibility index (Phi) is 7.09. The fourth-order valence-corrected chi connectivity index (χ4v) is 5.92. The lowest BCUT2D eigenvalue weighted by Crippen LogP contribution is -2.23. The normalized spacial score (nSPS) is 11.7. The third-order valence-corrected chi connectivity index (χ3v) is 8.55. The van der Waals surface area contributed by atoms with Crippen LogP contribution < -0.4 is 10.9 Å². The van der Waals surface area contributed by atoms with Crippen LogP contribution in [0.15, 0.2) is 105 Å². The first-order chi connectivity index (χ1) is 20.2. The Hall–Kier alpha value is -4.81. The van der Waals surface area contributed by atoms with E-state index < -0.39 is 9.84 Å². The van der Waals surface area contributed by atoms with Crippen molar-refractivity contribution in [2.75, 3.05) is 6.26 Å². The van der Waals surface area contributed by atoms with Crippen molar-refractivity contribution >= 4 is 49.6 Å². The molecule has 0 atom stereocenters. The van der Waals surface area contributed by atoms with Crippen molar-refractivity contribution in [1.82, 2.24) is 29.8 Å². The predicted molar refractivity (Wildman–Crippen MR) is 161 cm³/mol. The molecule has 0 unspecified atom stereocenters. The summed E-state index contributed by atoms with van der Waals surface area (Å²) in [6.07, 6.45) is 1.15. The van der Waals surface area contributed by atoms with Gasteiger partial charge < -0.3 is 10.3 Å². The Morgan fingerprint density at radius 2 is 1.67 bits per heavy atom. The minimum absolute atomic E-state index is 0.220. The van der Waals surface area contributed by atoms with E-state index in [1.54, 1.807) is 42.5 Å². The molecule has 6 rings (SSSR count). The summed E-state index contributed by atoms with van der Waals surface area (Å²) in [5.41, 5.74) is 4.36. The van der Waals surface area contributed by atoms with E-state index in [-0.39, 0.29) is 22.9 Å². The highest BCUT2D eigenvalue weighted by atomic mass is 32.2. The van der Waals surface area contributed by atoms with Crippen molar-refractivity contribution in [2.45, 2.75) is 28.7 Å². The maximum Gasteiger partial charge on any atom is 0.256 e. The highest BCUT2D eigenvalue weighted by Gasteiger charge is 2.15. The Morgan fingerprint density at radius 3 is 2.38 bits per heavy atom. The molecule has 2 N–H and O–H groups in total. The van der Waals surface area contributed by atoms with Gasteiger partial charge in [0, 0.05) is 29.8 Å². The number of benzene rings is 3. The zero-order valence-electron chi connectivity index (χ0n) is 22.5. The number of nitrogens with zero attached hydrogens (tertiary/aromatic N) is 4. The number of aromatic amines is 1. The molecule has 42 heavy (non-hydrogen) atoms. The molecule has 0 fully saturated rings. The van der Waals surface area contributed by atoms with Crippen molar-refractivity contribution in [2.24, 2.45) is 0 Å². The number of sulfone groups is 1. The summed E-state index contributed by atoms with van der Waals surface area (Å²) in [5, 5.41) is 4.64. The zero-order valence-corrected chi connectivity index (χ0v) is 24.2. The van der Waals surface area contributed by atoms with Crippen molar-refractivity contribution in [1.29, 1.82) is 0 Å². The molecule has 0 aliphatic carbocycles. The molecule has 0 spiro atoms. The topological polar surface area (TPSA) is 140 Å². The van der Waals surface area contributed by atoms with Gasteiger partial charge in [0.1, 0.15) is 0 Å². The summed E-state index contributed by atoms with van der Waals surface area (Å²) in [6.45, 7) is 2.10. The number of hydrogen-bond acceptors (Lipinski definition) is 8. The summed E-state index contributed by atoms with van der Waals surface area (Å²) < 4.78 is 24.8. The van der Waals surface area contributed by atoms with E-state index >= 15 is 0 Å². The van der Waals surface area contributed by atoms with Gasteiger partial charge in [0.05, 0.1) is 27.3 Å². The fraction of sp³-hybridized carbons (Fsp3) is 0.100. The van der Waals surface area contributed by atoms with E-state index in [2.05, 4.69) is 20.3 Å². The molecule has 12 heteroatoms. The maximum atomic E-state index is 13.1. The van der Waals surface area contributed by atoms with Crippen molar-refractivity contribution in [3.63, 3.8) is 0 Å². The first-order valence-electron chi connectivity index (χ1n) is 12.9. The van der Waals surface area contributed by atoms with Crippen LogP contribution in [-0.2, 0) is 16.4 Å². The van der Waals surface area contributed by atoms with Crippen molar-refractivity contribution < 1.29 is 13.2 Å². The van der Waals surface area contributed by atoms with Gasteiger partial charge in [-0.2, -0.15) is 0 Å². The Morgan fingerprint density at radius 1 is 0.929 bits per heavy atom. The Balaban J connectivity index is 1.25. The minimum atomic E-state index is -3.29. The lowest BCUT2D eigenvalue weighted by atomic mass is 10.1. The Bertz CT molecular complexity index is 2110. The number of imidazole rings is 1. The van der Waals surface area contributed by atoms with Gasteiger partial charge >= 0.3 is 0 Å². The van der Waals surface area contributed by atoms with Crippen molar-refractivity contribution in [3.8, 4) is 5.69 Å². The predicted octanol–water partition coefficient (Wildman–Crippen LogP) is 4.45. The zero-order chi connectivity index (χ0) is 29.4. The monoisotopic (exact) mass is 596 g/mol. The fourth-order valence-electron chi connectivity index (χ4n) is 4.50. The maximum absolute atomic E-state index is 13.1. The average molecular weight is 597 g/mol. The molecule has 3 aromatic carbocycles. The minimum Gasteiger partial charge on any atom is -0.348 e. The van der Waals surface area contributed by atoms with E-state index in [0.29, 0.717) is 32.9 Å². The second kappa shape index (κ2) is 10.9. The van der Waals surface area contributed by atoms with E-state index in [9.17, 15) is 18.0 Å². The highest BCUT2D eigenvalue weighted by molar-refractivity contribution is 7.99. The largest absolute Gasteiger partial charge is 0.348 e. The molecular formula is C30H24N6O4S2. The molecular weight excluding hydrogens is 573 g/mol. The number of amides is 1. The number of nitrogens with one attached hydrogen (secondary N) is 2. The second-order valence-electron chi connectivity index (χ2n) is 9.64. The van der Waals surface area contributed by atoms with Crippen LogP contribution in [0, 0.1) is 6.92 Å². The van der Waals surface area contributed by atoms with Crippen LogP contribution in [0.25, 0.3) is 27.8 Å². The van der Waals surface area contributed by atoms with Crippen LogP contribution in [0.2, 0.25) is 0 Å². The third-order valence-electron chi connectivity index (χ3n) is 6.67. The number of pyridine rings is 1. The standard InChI is InChI=1S/C30H24N6O4S2/c1-18-23-15-16-26(37)36(27(23)35-29(32-18)41-30-33-24-5-3-4-6-25(24)34-30)21-11-9-20(10-12-21)28(38)31-17-19-7-13-22(14-8-19)42(2,39)40/h3-16H,17H2,1-2H3,(H,31,38)(H,33,34). The summed E-state index contributed by atoms with van der Waals surface area (Å²) in [7, 11) is -3.29. The van der Waals surface area contributed by atoms with Crippen LogP contribution in [-0.4, -0.2) is 45.1 Å². The van der Waals surface area contributed by atoms with Crippen LogP contribution in [0.4, 0.5) is 0 Å². The number of rotatable bonds is 7. The number of carbonyl (C=O) groups excluding carboxylic acids is 1. The molecule has 6 aromatic rings. The molecule has 10 nitrogen and oxygen atoms in total. The van der Waals surface area contributed by atoms with Crippen LogP contribution in [0.5, 0.6) is 0 Å². The third kappa shape index (κ3) is 5.54. The molecule has 0 aliphatic heterocycles.